The molecule has 1 fully saturated rings. The van der Waals surface area contributed by atoms with Gasteiger partial charge in [0.25, 0.3) is 0 Å². The molecule has 1 saturated heterocycles. The third-order valence-corrected chi connectivity index (χ3v) is 3.65. The Balaban J connectivity index is 2.05. The Morgan fingerprint density at radius 1 is 1.21 bits per heavy atom. The van der Waals surface area contributed by atoms with Crippen LogP contribution in [0.2, 0.25) is 0 Å². The van der Waals surface area contributed by atoms with Gasteiger partial charge in [-0.25, -0.2) is 4.98 Å². The normalized spacial score (nSPS) is 15.8. The molecule has 19 heavy (non-hydrogen) atoms. The lowest BCUT2D eigenvalue weighted by molar-refractivity contribution is 0.415. The van der Waals surface area contributed by atoms with E-state index in [0.29, 0.717) is 0 Å². The van der Waals surface area contributed by atoms with Crippen molar-refractivity contribution < 1.29 is 4.74 Å². The average Bonchev–Trinajstić information content (AvgIpc) is 2.47. The second-order valence-electron chi connectivity index (χ2n) is 4.92. The molecule has 0 spiro atoms. The number of benzene rings is 1. The van der Waals surface area contributed by atoms with Gasteiger partial charge in [-0.1, -0.05) is 0 Å². The lowest BCUT2D eigenvalue weighted by atomic mass is 10.1. The highest BCUT2D eigenvalue weighted by molar-refractivity contribution is 5.85. The number of pyridine rings is 1. The molecule has 0 amide bonds. The molecule has 2 aromatic rings. The van der Waals surface area contributed by atoms with Crippen molar-refractivity contribution in [1.82, 2.24) is 10.3 Å². The maximum Gasteiger partial charge on any atom is 0.129 e. The molecule has 0 bridgehead atoms. The fourth-order valence-corrected chi connectivity index (χ4v) is 2.55. The summed E-state index contributed by atoms with van der Waals surface area (Å²) in [5.74, 6) is 1.93. The Hall–Kier alpha value is -1.81. The second kappa shape index (κ2) is 5.05. The van der Waals surface area contributed by atoms with E-state index in [0.717, 1.165) is 43.3 Å². The summed E-state index contributed by atoms with van der Waals surface area (Å²) < 4.78 is 5.28. The van der Waals surface area contributed by atoms with Gasteiger partial charge in [0.05, 0.1) is 12.6 Å². The quantitative estimate of drug-likeness (QED) is 0.892. The monoisotopic (exact) mass is 257 g/mol. The molecule has 0 atom stereocenters. The van der Waals surface area contributed by atoms with Gasteiger partial charge in [0.2, 0.25) is 0 Å². The molecular weight excluding hydrogens is 238 g/mol. The summed E-state index contributed by atoms with van der Waals surface area (Å²) in [5, 5.41) is 4.56. The number of nitrogens with one attached hydrogen (secondary N) is 1. The smallest absolute Gasteiger partial charge is 0.129 e. The number of methoxy groups -OCH3 is 1. The summed E-state index contributed by atoms with van der Waals surface area (Å²) in [4.78, 5) is 7.12. The van der Waals surface area contributed by atoms with E-state index in [-0.39, 0.29) is 0 Å². The molecular formula is C15H19N3O. The molecule has 0 unspecified atom stereocenters. The third-order valence-electron chi connectivity index (χ3n) is 3.65. The van der Waals surface area contributed by atoms with Gasteiger partial charge in [-0.2, -0.15) is 0 Å². The molecule has 1 aliphatic rings. The molecule has 2 heterocycles. The van der Waals surface area contributed by atoms with Crippen LogP contribution in [0.1, 0.15) is 5.56 Å². The summed E-state index contributed by atoms with van der Waals surface area (Å²) in [5.41, 5.74) is 2.27. The zero-order valence-corrected chi connectivity index (χ0v) is 11.4. The van der Waals surface area contributed by atoms with E-state index in [4.69, 9.17) is 9.72 Å². The number of hydrogen-bond donors (Lipinski definition) is 1. The first-order chi connectivity index (χ1) is 9.28. The Labute approximate surface area is 113 Å². The number of nitrogens with zero attached hydrogens (tertiary/aromatic N) is 2. The lowest BCUT2D eigenvalue weighted by Crippen LogP contribution is -2.43. The van der Waals surface area contributed by atoms with Crippen LogP contribution in [0.4, 0.5) is 5.82 Å². The lowest BCUT2D eigenvalue weighted by Gasteiger charge is -2.29. The first-order valence-corrected chi connectivity index (χ1v) is 6.69. The summed E-state index contributed by atoms with van der Waals surface area (Å²) in [6, 6.07) is 8.26. The minimum Gasteiger partial charge on any atom is -0.497 e. The van der Waals surface area contributed by atoms with Gasteiger partial charge < -0.3 is 15.0 Å². The van der Waals surface area contributed by atoms with Gasteiger partial charge in [-0.3, -0.25) is 0 Å². The van der Waals surface area contributed by atoms with Crippen LogP contribution >= 0.6 is 0 Å². The molecule has 0 aliphatic carbocycles. The number of piperazine rings is 1. The standard InChI is InChI=1S/C15H19N3O/c1-11-9-15(18-7-5-16-6-8-18)17-14-10-12(19-2)3-4-13(11)14/h3-4,9-10,16H,5-8H2,1-2H3. The number of rotatable bonds is 2. The highest BCUT2D eigenvalue weighted by atomic mass is 16.5. The van der Waals surface area contributed by atoms with Gasteiger partial charge in [-0.05, 0) is 30.7 Å². The first-order valence-electron chi connectivity index (χ1n) is 6.69. The van der Waals surface area contributed by atoms with Crippen LogP contribution in [-0.2, 0) is 0 Å². The summed E-state index contributed by atoms with van der Waals surface area (Å²) in [6.07, 6.45) is 0. The van der Waals surface area contributed by atoms with E-state index in [1.807, 2.05) is 12.1 Å². The van der Waals surface area contributed by atoms with E-state index >= 15 is 0 Å². The fourth-order valence-electron chi connectivity index (χ4n) is 2.55. The third kappa shape index (κ3) is 2.36. The minimum absolute atomic E-state index is 0.858. The van der Waals surface area contributed by atoms with Crippen LogP contribution in [-0.4, -0.2) is 38.3 Å². The van der Waals surface area contributed by atoms with Crippen molar-refractivity contribution in [2.75, 3.05) is 38.2 Å². The molecule has 4 heteroatoms. The van der Waals surface area contributed by atoms with E-state index in [1.165, 1.54) is 10.9 Å². The van der Waals surface area contributed by atoms with Crippen LogP contribution in [0.15, 0.2) is 24.3 Å². The van der Waals surface area contributed by atoms with Crippen molar-refractivity contribution in [3.63, 3.8) is 0 Å². The topological polar surface area (TPSA) is 37.4 Å². The van der Waals surface area contributed by atoms with Crippen molar-refractivity contribution in [2.24, 2.45) is 0 Å². The van der Waals surface area contributed by atoms with Gasteiger partial charge in [0.1, 0.15) is 11.6 Å². The van der Waals surface area contributed by atoms with Crippen LogP contribution < -0.4 is 15.0 Å². The number of ether oxygens (including phenoxy) is 1. The van der Waals surface area contributed by atoms with Gasteiger partial charge in [0.15, 0.2) is 0 Å². The van der Waals surface area contributed by atoms with Crippen LogP contribution in [0.3, 0.4) is 0 Å². The highest BCUT2D eigenvalue weighted by Crippen LogP contribution is 2.25. The SMILES string of the molecule is COc1ccc2c(C)cc(N3CCNCC3)nc2c1. The van der Waals surface area contributed by atoms with Crippen molar-refractivity contribution >= 4 is 16.7 Å². The van der Waals surface area contributed by atoms with Crippen molar-refractivity contribution in [2.45, 2.75) is 6.92 Å². The van der Waals surface area contributed by atoms with Crippen molar-refractivity contribution in [3.05, 3.63) is 29.8 Å². The second-order valence-corrected chi connectivity index (χ2v) is 4.92. The number of anilines is 1. The number of hydrogen-bond acceptors (Lipinski definition) is 4. The van der Waals surface area contributed by atoms with Gasteiger partial charge in [-0.15, -0.1) is 0 Å². The molecule has 0 saturated carbocycles. The Kier molecular flexibility index (Phi) is 3.25. The zero-order valence-electron chi connectivity index (χ0n) is 11.4. The molecule has 3 rings (SSSR count). The predicted molar refractivity (Wildman–Crippen MR) is 78.1 cm³/mol. The average molecular weight is 257 g/mol. The first kappa shape index (κ1) is 12.2. The van der Waals surface area contributed by atoms with Crippen molar-refractivity contribution in [1.29, 1.82) is 0 Å². The molecule has 1 N–H and O–H groups in total. The fraction of sp³-hybridized carbons (Fsp3) is 0.400. The van der Waals surface area contributed by atoms with Crippen LogP contribution in [0, 0.1) is 6.92 Å². The minimum atomic E-state index is 0.858. The number of aryl methyl sites for hydroxylation is 1. The summed E-state index contributed by atoms with van der Waals surface area (Å²) in [6.45, 7) is 6.22. The van der Waals surface area contributed by atoms with Crippen LogP contribution in [0.5, 0.6) is 5.75 Å². The molecule has 0 radical (unpaired) electrons. The molecule has 4 nitrogen and oxygen atoms in total. The number of aromatic nitrogens is 1. The van der Waals surface area contributed by atoms with Gasteiger partial charge in [0, 0.05) is 37.6 Å². The molecule has 1 aromatic carbocycles. The van der Waals surface area contributed by atoms with Gasteiger partial charge >= 0.3 is 0 Å². The predicted octanol–water partition coefficient (Wildman–Crippen LogP) is 1.96. The Morgan fingerprint density at radius 2 is 2.00 bits per heavy atom. The van der Waals surface area contributed by atoms with E-state index in [2.05, 4.69) is 29.3 Å². The molecule has 1 aliphatic heterocycles. The Bertz CT molecular complexity index is 591. The zero-order chi connectivity index (χ0) is 13.2. The molecule has 100 valence electrons. The van der Waals surface area contributed by atoms with Crippen molar-refractivity contribution in [3.8, 4) is 5.75 Å². The van der Waals surface area contributed by atoms with E-state index in [1.54, 1.807) is 7.11 Å². The Morgan fingerprint density at radius 3 is 2.74 bits per heavy atom. The number of fused-ring (bicyclic) bond motifs is 1. The molecule has 1 aromatic heterocycles. The van der Waals surface area contributed by atoms with Crippen LogP contribution in [0.25, 0.3) is 10.9 Å². The van der Waals surface area contributed by atoms with E-state index < -0.39 is 0 Å². The summed E-state index contributed by atoms with van der Waals surface area (Å²) in [7, 11) is 1.69. The largest absolute Gasteiger partial charge is 0.497 e. The maximum absolute atomic E-state index is 5.28. The maximum atomic E-state index is 5.28. The summed E-state index contributed by atoms with van der Waals surface area (Å²) >= 11 is 0. The van der Waals surface area contributed by atoms with E-state index in [9.17, 15) is 0 Å². The highest BCUT2D eigenvalue weighted by Gasteiger charge is 2.13.